The first-order valence-electron chi connectivity index (χ1n) is 8.36. The molecular weight excluding hydrogens is 288 g/mol. The average molecular weight is 320 g/mol. The summed E-state index contributed by atoms with van der Waals surface area (Å²) in [6, 6.07) is 0. The Kier molecular flexibility index (Phi) is 7.46. The molecule has 3 N–H and O–H groups in total. The van der Waals surface area contributed by atoms with Gasteiger partial charge < -0.3 is 15.3 Å². The van der Waals surface area contributed by atoms with Crippen molar-refractivity contribution in [3.8, 4) is 0 Å². The lowest BCUT2D eigenvalue weighted by molar-refractivity contribution is 0.0562. The van der Waals surface area contributed by atoms with Crippen LogP contribution >= 0.6 is 0 Å². The molecule has 0 aromatic heterocycles. The van der Waals surface area contributed by atoms with Crippen molar-refractivity contribution in [1.29, 1.82) is 0 Å². The number of allylic oxidation sites excluding steroid dienone is 4. The van der Waals surface area contributed by atoms with Gasteiger partial charge in [-0.1, -0.05) is 42.0 Å². The van der Waals surface area contributed by atoms with Crippen LogP contribution in [0, 0.1) is 5.92 Å². The summed E-state index contributed by atoms with van der Waals surface area (Å²) in [5.41, 5.74) is 1.96. The first kappa shape index (κ1) is 19.9. The zero-order valence-corrected chi connectivity index (χ0v) is 14.9. The van der Waals surface area contributed by atoms with Crippen molar-refractivity contribution >= 4 is 0 Å². The molecule has 0 radical (unpaired) electrons. The molecule has 0 amide bonds. The van der Waals surface area contributed by atoms with Crippen molar-refractivity contribution in [2.24, 2.45) is 5.92 Å². The standard InChI is InChI=1S/C20H32O3/c1-14(2)17-9-8-15(3)7-6-10-20(5,23)13-18(21)11-16(4)19(22)12-17/h6,8,10-11,17-19,21-23H,1,7,9,12-13H2,2-5H3/b10-6+,15-8+,16-11+/t17-,18-,19-,20+/m0/s1. The van der Waals surface area contributed by atoms with E-state index in [2.05, 4.69) is 19.6 Å². The van der Waals surface area contributed by atoms with Gasteiger partial charge in [0.1, 0.15) is 0 Å². The predicted molar refractivity (Wildman–Crippen MR) is 96.1 cm³/mol. The maximum atomic E-state index is 10.4. The van der Waals surface area contributed by atoms with Crippen LogP contribution in [0.2, 0.25) is 0 Å². The van der Waals surface area contributed by atoms with E-state index < -0.39 is 17.8 Å². The van der Waals surface area contributed by atoms with E-state index in [1.165, 1.54) is 5.57 Å². The second kappa shape index (κ2) is 8.62. The Labute approximate surface area is 140 Å². The van der Waals surface area contributed by atoms with Gasteiger partial charge in [0.25, 0.3) is 0 Å². The molecule has 0 aliphatic heterocycles. The Balaban J connectivity index is 3.07. The van der Waals surface area contributed by atoms with Gasteiger partial charge in [-0.3, -0.25) is 0 Å². The van der Waals surface area contributed by atoms with Gasteiger partial charge in [-0.25, -0.2) is 0 Å². The molecule has 0 spiro atoms. The molecule has 1 aliphatic carbocycles. The van der Waals surface area contributed by atoms with E-state index >= 15 is 0 Å². The van der Waals surface area contributed by atoms with Crippen LogP contribution in [0.25, 0.3) is 0 Å². The number of rotatable bonds is 1. The normalized spacial score (nSPS) is 40.2. The molecule has 3 nitrogen and oxygen atoms in total. The zero-order chi connectivity index (χ0) is 17.6. The quantitative estimate of drug-likeness (QED) is 0.646. The molecule has 0 saturated heterocycles. The first-order chi connectivity index (χ1) is 10.6. The van der Waals surface area contributed by atoms with Gasteiger partial charge in [-0.15, -0.1) is 0 Å². The van der Waals surface area contributed by atoms with Crippen LogP contribution in [-0.4, -0.2) is 33.1 Å². The first-order valence-corrected chi connectivity index (χ1v) is 8.36. The van der Waals surface area contributed by atoms with Gasteiger partial charge in [-0.05, 0) is 58.4 Å². The lowest BCUT2D eigenvalue weighted by atomic mass is 9.87. The van der Waals surface area contributed by atoms with Crippen molar-refractivity contribution < 1.29 is 15.3 Å². The SMILES string of the molecule is C=C(C)[C@H]1C/C=C(\C)C/C=C/[C@@](C)(O)C[C@@H](O)/C=C(\C)[C@@H](O)C1. The topological polar surface area (TPSA) is 60.7 Å². The maximum Gasteiger partial charge on any atom is 0.0827 e. The van der Waals surface area contributed by atoms with Gasteiger partial charge >= 0.3 is 0 Å². The fraction of sp³-hybridized carbons (Fsp3) is 0.600. The summed E-state index contributed by atoms with van der Waals surface area (Å²) in [5.74, 6) is 0.218. The van der Waals surface area contributed by atoms with E-state index in [1.807, 2.05) is 19.9 Å². The highest BCUT2D eigenvalue weighted by atomic mass is 16.3. The van der Waals surface area contributed by atoms with Crippen LogP contribution < -0.4 is 0 Å². The zero-order valence-electron chi connectivity index (χ0n) is 14.9. The van der Waals surface area contributed by atoms with E-state index in [9.17, 15) is 15.3 Å². The summed E-state index contributed by atoms with van der Waals surface area (Å²) in [7, 11) is 0. The summed E-state index contributed by atoms with van der Waals surface area (Å²) < 4.78 is 0. The van der Waals surface area contributed by atoms with Crippen molar-refractivity contribution in [2.45, 2.75) is 71.2 Å². The van der Waals surface area contributed by atoms with Gasteiger partial charge in [0.2, 0.25) is 0 Å². The highest BCUT2D eigenvalue weighted by molar-refractivity contribution is 5.15. The number of aliphatic hydroxyl groups excluding tert-OH is 2. The molecule has 0 heterocycles. The Hall–Kier alpha value is -1.16. The minimum Gasteiger partial charge on any atom is -0.389 e. The molecule has 3 heteroatoms. The Morgan fingerprint density at radius 2 is 1.96 bits per heavy atom. The third-order valence-electron chi connectivity index (χ3n) is 4.48. The summed E-state index contributed by atoms with van der Waals surface area (Å²) in [4.78, 5) is 0. The molecular formula is C20H32O3. The molecule has 4 atom stereocenters. The number of aliphatic hydroxyl groups is 3. The molecule has 23 heavy (non-hydrogen) atoms. The van der Waals surface area contributed by atoms with Crippen LogP contribution in [0.15, 0.2) is 47.6 Å². The van der Waals surface area contributed by atoms with Crippen LogP contribution in [0.4, 0.5) is 0 Å². The van der Waals surface area contributed by atoms with Crippen LogP contribution in [0.3, 0.4) is 0 Å². The van der Waals surface area contributed by atoms with Crippen molar-refractivity contribution in [3.05, 3.63) is 47.6 Å². The minimum absolute atomic E-state index is 0.209. The lowest BCUT2D eigenvalue weighted by Gasteiger charge is -2.24. The average Bonchev–Trinajstić information content (AvgIpc) is 2.40. The van der Waals surface area contributed by atoms with E-state index in [1.54, 1.807) is 19.1 Å². The highest BCUT2D eigenvalue weighted by Gasteiger charge is 2.22. The van der Waals surface area contributed by atoms with Gasteiger partial charge in [0.05, 0.1) is 17.8 Å². The molecule has 0 aromatic carbocycles. The smallest absolute Gasteiger partial charge is 0.0827 e. The van der Waals surface area contributed by atoms with Gasteiger partial charge in [-0.2, -0.15) is 0 Å². The molecule has 0 bridgehead atoms. The maximum absolute atomic E-state index is 10.4. The van der Waals surface area contributed by atoms with E-state index in [0.717, 1.165) is 24.0 Å². The summed E-state index contributed by atoms with van der Waals surface area (Å²) in [6.07, 6.45) is 8.56. The fourth-order valence-electron chi connectivity index (χ4n) is 2.84. The molecule has 130 valence electrons. The number of hydrogen-bond acceptors (Lipinski definition) is 3. The van der Waals surface area contributed by atoms with Gasteiger partial charge in [0.15, 0.2) is 0 Å². The summed E-state index contributed by atoms with van der Waals surface area (Å²) in [6.45, 7) is 11.6. The van der Waals surface area contributed by atoms with Crippen LogP contribution in [-0.2, 0) is 0 Å². The molecule has 0 unspecified atom stereocenters. The molecule has 0 fully saturated rings. The lowest BCUT2D eigenvalue weighted by Crippen LogP contribution is -2.27. The third kappa shape index (κ3) is 7.30. The summed E-state index contributed by atoms with van der Waals surface area (Å²) >= 11 is 0. The van der Waals surface area contributed by atoms with E-state index in [4.69, 9.17) is 0 Å². The summed E-state index contributed by atoms with van der Waals surface area (Å²) in [5, 5.41) is 30.9. The molecule has 0 saturated carbocycles. The predicted octanol–water partition coefficient (Wildman–Crippen LogP) is 3.67. The molecule has 0 aromatic rings. The minimum atomic E-state index is -1.06. The Morgan fingerprint density at radius 3 is 2.57 bits per heavy atom. The largest absolute Gasteiger partial charge is 0.389 e. The van der Waals surface area contributed by atoms with Crippen molar-refractivity contribution in [1.82, 2.24) is 0 Å². The highest BCUT2D eigenvalue weighted by Crippen LogP contribution is 2.25. The Bertz CT molecular complexity index is 497. The van der Waals surface area contributed by atoms with Crippen molar-refractivity contribution in [3.63, 3.8) is 0 Å². The third-order valence-corrected chi connectivity index (χ3v) is 4.48. The Morgan fingerprint density at radius 1 is 1.30 bits per heavy atom. The van der Waals surface area contributed by atoms with Gasteiger partial charge in [0, 0.05) is 6.42 Å². The molecule has 1 rings (SSSR count). The fourth-order valence-corrected chi connectivity index (χ4v) is 2.84. The van der Waals surface area contributed by atoms with E-state index in [-0.39, 0.29) is 12.3 Å². The van der Waals surface area contributed by atoms with Crippen molar-refractivity contribution in [2.75, 3.05) is 0 Å². The van der Waals surface area contributed by atoms with Crippen LogP contribution in [0.1, 0.15) is 53.4 Å². The number of hydrogen-bond donors (Lipinski definition) is 3. The van der Waals surface area contributed by atoms with Crippen LogP contribution in [0.5, 0.6) is 0 Å². The molecule has 1 aliphatic rings. The monoisotopic (exact) mass is 320 g/mol. The van der Waals surface area contributed by atoms with E-state index in [0.29, 0.717) is 6.42 Å². The second-order valence-corrected chi connectivity index (χ2v) is 7.23. The second-order valence-electron chi connectivity index (χ2n) is 7.23.